The molecule has 8 nitrogen and oxygen atoms in total. The first-order valence-corrected chi connectivity index (χ1v) is 12.3. The van der Waals surface area contributed by atoms with Crippen molar-refractivity contribution in [3.63, 3.8) is 0 Å². The molecule has 0 amide bonds. The maximum atomic E-state index is 12.3. The fraction of sp³-hybridized carbons (Fsp3) is 0.192. The molecule has 0 saturated heterocycles. The first-order chi connectivity index (χ1) is 17.0. The van der Waals surface area contributed by atoms with Gasteiger partial charge in [0.05, 0.1) is 22.6 Å². The summed E-state index contributed by atoms with van der Waals surface area (Å²) in [7, 11) is 0. The number of anilines is 3. The molecule has 0 radical (unpaired) electrons. The largest absolute Gasteiger partial charge is 0.354 e. The van der Waals surface area contributed by atoms with Crippen LogP contribution in [0.25, 0.3) is 16.9 Å². The predicted molar refractivity (Wildman–Crippen MR) is 139 cm³/mol. The van der Waals surface area contributed by atoms with Crippen LogP contribution in [-0.4, -0.2) is 31.1 Å². The molecule has 6 rings (SSSR count). The lowest BCUT2D eigenvalue weighted by molar-refractivity contribution is 0.686. The molecule has 0 saturated carbocycles. The van der Waals surface area contributed by atoms with Crippen LogP contribution in [0.1, 0.15) is 21.8 Å². The van der Waals surface area contributed by atoms with Crippen molar-refractivity contribution in [2.24, 2.45) is 0 Å². The molecule has 35 heavy (non-hydrogen) atoms. The standard InChI is InChI=1S/C26H23N7OS/c1-16-10-24-27-8-6-25(34)33(24)31-26(16)32-9-7-22-19(14-32)12-21(13-28-22)30-20-5-3-4-18(11-20)23-15-35-17(2)29-23/h3-6,8,10-13,15,30H,7,9,14H2,1-2H3. The van der Waals surface area contributed by atoms with Gasteiger partial charge >= 0.3 is 0 Å². The molecule has 174 valence electrons. The molecule has 0 unspecified atom stereocenters. The third-order valence-corrected chi connectivity index (χ3v) is 6.92. The number of hydrogen-bond acceptors (Lipinski definition) is 8. The first-order valence-electron chi connectivity index (χ1n) is 11.4. The van der Waals surface area contributed by atoms with Crippen LogP contribution in [0, 0.1) is 13.8 Å². The summed E-state index contributed by atoms with van der Waals surface area (Å²) in [5.74, 6) is 0.794. The molecule has 5 heterocycles. The van der Waals surface area contributed by atoms with Gasteiger partial charge in [-0.3, -0.25) is 9.78 Å². The summed E-state index contributed by atoms with van der Waals surface area (Å²) < 4.78 is 1.37. The Kier molecular flexibility index (Phi) is 5.26. The molecule has 0 spiro atoms. The minimum absolute atomic E-state index is 0.183. The molecular weight excluding hydrogens is 458 g/mol. The van der Waals surface area contributed by atoms with Crippen molar-refractivity contribution >= 4 is 34.2 Å². The number of thiazole rings is 1. The lowest BCUT2D eigenvalue weighted by Gasteiger charge is -2.30. The fourth-order valence-corrected chi connectivity index (χ4v) is 5.08. The van der Waals surface area contributed by atoms with E-state index in [1.807, 2.05) is 38.2 Å². The topological polar surface area (TPSA) is 88.3 Å². The Morgan fingerprint density at radius 2 is 1.97 bits per heavy atom. The second-order valence-electron chi connectivity index (χ2n) is 8.66. The molecule has 0 aliphatic carbocycles. The highest BCUT2D eigenvalue weighted by Crippen LogP contribution is 2.29. The normalized spacial score (nSPS) is 13.1. The zero-order chi connectivity index (χ0) is 23.9. The molecule has 0 atom stereocenters. The van der Waals surface area contributed by atoms with Crippen LogP contribution in [-0.2, 0) is 13.0 Å². The lowest BCUT2D eigenvalue weighted by Crippen LogP contribution is -2.33. The third kappa shape index (κ3) is 4.15. The summed E-state index contributed by atoms with van der Waals surface area (Å²) in [6.07, 6.45) is 4.22. The van der Waals surface area contributed by atoms with Gasteiger partial charge in [0.15, 0.2) is 11.5 Å². The van der Waals surface area contributed by atoms with Gasteiger partial charge in [-0.25, -0.2) is 9.97 Å². The van der Waals surface area contributed by atoms with Crippen molar-refractivity contribution in [3.8, 4) is 11.3 Å². The van der Waals surface area contributed by atoms with Gasteiger partial charge in [0.2, 0.25) is 0 Å². The Hall–Kier alpha value is -4.11. The molecule has 1 aliphatic heterocycles. The number of pyridine rings is 1. The molecule has 0 bridgehead atoms. The van der Waals surface area contributed by atoms with Gasteiger partial charge in [0, 0.05) is 54.1 Å². The van der Waals surface area contributed by atoms with Crippen molar-refractivity contribution in [3.05, 3.63) is 92.4 Å². The molecule has 0 fully saturated rings. The fourth-order valence-electron chi connectivity index (χ4n) is 4.45. The monoisotopic (exact) mass is 481 g/mol. The average molecular weight is 482 g/mol. The zero-order valence-corrected chi connectivity index (χ0v) is 20.2. The Morgan fingerprint density at radius 1 is 1.06 bits per heavy atom. The SMILES string of the molecule is Cc1nc(-c2cccc(Nc3cnc4c(c3)CN(c3nn5c(=O)ccnc5cc3C)CC4)c2)cs1. The van der Waals surface area contributed by atoms with Crippen LogP contribution >= 0.6 is 11.3 Å². The van der Waals surface area contributed by atoms with Crippen LogP contribution in [0.3, 0.4) is 0 Å². The van der Waals surface area contributed by atoms with Crippen LogP contribution in [0.15, 0.2) is 65.0 Å². The van der Waals surface area contributed by atoms with E-state index in [1.54, 1.807) is 11.3 Å². The number of benzene rings is 1. The van der Waals surface area contributed by atoms with Crippen molar-refractivity contribution < 1.29 is 0 Å². The zero-order valence-electron chi connectivity index (χ0n) is 19.4. The highest BCUT2D eigenvalue weighted by atomic mass is 32.1. The molecule has 1 N–H and O–H groups in total. The van der Waals surface area contributed by atoms with E-state index in [9.17, 15) is 4.79 Å². The Balaban J connectivity index is 1.27. The van der Waals surface area contributed by atoms with Gasteiger partial charge < -0.3 is 10.2 Å². The van der Waals surface area contributed by atoms with E-state index in [0.717, 1.165) is 63.2 Å². The van der Waals surface area contributed by atoms with Crippen LogP contribution in [0.5, 0.6) is 0 Å². The highest BCUT2D eigenvalue weighted by molar-refractivity contribution is 7.09. The number of nitrogens with one attached hydrogen (secondary N) is 1. The number of nitrogens with zero attached hydrogens (tertiary/aromatic N) is 6. The van der Waals surface area contributed by atoms with Gasteiger partial charge in [-0.2, -0.15) is 4.52 Å². The van der Waals surface area contributed by atoms with Gasteiger partial charge in [0.1, 0.15) is 0 Å². The van der Waals surface area contributed by atoms with Crippen molar-refractivity contribution in [2.75, 3.05) is 16.8 Å². The van der Waals surface area contributed by atoms with Gasteiger partial charge in [-0.1, -0.05) is 12.1 Å². The van der Waals surface area contributed by atoms with E-state index in [1.165, 1.54) is 16.8 Å². The number of rotatable bonds is 4. The summed E-state index contributed by atoms with van der Waals surface area (Å²) in [6, 6.07) is 13.7. The summed E-state index contributed by atoms with van der Waals surface area (Å²) in [6.45, 7) is 5.48. The second kappa shape index (κ2) is 8.59. The van der Waals surface area contributed by atoms with E-state index in [2.05, 4.69) is 48.9 Å². The second-order valence-corrected chi connectivity index (χ2v) is 9.73. The lowest BCUT2D eigenvalue weighted by atomic mass is 10.0. The molecule has 1 aliphatic rings. The Labute approximate surface area is 206 Å². The van der Waals surface area contributed by atoms with Gasteiger partial charge in [0.25, 0.3) is 5.56 Å². The number of aryl methyl sites for hydroxylation is 2. The average Bonchev–Trinajstić information content (AvgIpc) is 3.30. The molecule has 9 heteroatoms. The van der Waals surface area contributed by atoms with Crippen molar-refractivity contribution in [2.45, 2.75) is 26.8 Å². The summed E-state index contributed by atoms with van der Waals surface area (Å²) >= 11 is 1.65. The quantitative estimate of drug-likeness (QED) is 0.403. The Bertz CT molecular complexity index is 1620. The highest BCUT2D eigenvalue weighted by Gasteiger charge is 2.21. The first kappa shape index (κ1) is 21.4. The third-order valence-electron chi connectivity index (χ3n) is 6.15. The van der Waals surface area contributed by atoms with E-state index >= 15 is 0 Å². The summed E-state index contributed by atoms with van der Waals surface area (Å²) in [5.41, 5.74) is 7.59. The van der Waals surface area contributed by atoms with E-state index in [4.69, 9.17) is 4.98 Å². The molecule has 4 aromatic heterocycles. The number of aromatic nitrogens is 5. The smallest absolute Gasteiger partial charge is 0.274 e. The molecule has 5 aromatic rings. The van der Waals surface area contributed by atoms with Crippen LogP contribution in [0.4, 0.5) is 17.2 Å². The summed E-state index contributed by atoms with van der Waals surface area (Å²) in [4.78, 5) is 28.1. The van der Waals surface area contributed by atoms with Gasteiger partial charge in [-0.15, -0.1) is 16.4 Å². The van der Waals surface area contributed by atoms with E-state index in [0.29, 0.717) is 12.2 Å². The maximum absolute atomic E-state index is 12.3. The van der Waals surface area contributed by atoms with Gasteiger partial charge in [-0.05, 0) is 49.2 Å². The van der Waals surface area contributed by atoms with E-state index < -0.39 is 0 Å². The predicted octanol–water partition coefficient (Wildman–Crippen LogP) is 4.53. The number of hydrogen-bond donors (Lipinski definition) is 1. The maximum Gasteiger partial charge on any atom is 0.274 e. The number of fused-ring (bicyclic) bond motifs is 2. The summed E-state index contributed by atoms with van der Waals surface area (Å²) in [5, 5.41) is 11.3. The van der Waals surface area contributed by atoms with Crippen LogP contribution < -0.4 is 15.8 Å². The van der Waals surface area contributed by atoms with Crippen molar-refractivity contribution in [1.29, 1.82) is 0 Å². The minimum atomic E-state index is -0.183. The van der Waals surface area contributed by atoms with E-state index in [-0.39, 0.29) is 5.56 Å². The van der Waals surface area contributed by atoms with Crippen LogP contribution in [0.2, 0.25) is 0 Å². The van der Waals surface area contributed by atoms with Crippen molar-refractivity contribution in [1.82, 2.24) is 24.6 Å². The minimum Gasteiger partial charge on any atom is -0.354 e. The molecule has 1 aromatic carbocycles. The Morgan fingerprint density at radius 3 is 2.83 bits per heavy atom. The molecular formula is C26H23N7OS.